The number of fused-ring (bicyclic) bond motifs is 1. The van der Waals surface area contributed by atoms with Gasteiger partial charge in [0.05, 0.1) is 26.7 Å². The van der Waals surface area contributed by atoms with E-state index in [0.29, 0.717) is 42.1 Å². The molecule has 0 unspecified atom stereocenters. The lowest BCUT2D eigenvalue weighted by atomic mass is 9.68. The van der Waals surface area contributed by atoms with Gasteiger partial charge in [0.2, 0.25) is 5.75 Å². The monoisotopic (exact) mass is 428 g/mol. The van der Waals surface area contributed by atoms with Crippen LogP contribution in [0.4, 0.5) is 0 Å². The van der Waals surface area contributed by atoms with Crippen molar-refractivity contribution < 1.29 is 28.5 Å². The number of carbonyl (C=O) groups is 1. The van der Waals surface area contributed by atoms with Gasteiger partial charge in [0.1, 0.15) is 22.8 Å². The highest BCUT2D eigenvalue weighted by Gasteiger charge is 2.48. The molecule has 0 aliphatic heterocycles. The van der Waals surface area contributed by atoms with E-state index < -0.39 is 10.8 Å². The van der Waals surface area contributed by atoms with E-state index in [0.717, 1.165) is 0 Å². The lowest BCUT2D eigenvalue weighted by Crippen LogP contribution is -2.41. The zero-order valence-corrected chi connectivity index (χ0v) is 18.8. The molecule has 1 aliphatic rings. The molecule has 0 spiro atoms. The summed E-state index contributed by atoms with van der Waals surface area (Å²) in [6.45, 7) is 5.55. The normalized spacial score (nSPS) is 15.0. The molecule has 0 bridgehead atoms. The topological polar surface area (TPSA) is 95.2 Å². The van der Waals surface area contributed by atoms with Crippen LogP contribution in [-0.2, 0) is 10.2 Å². The fraction of sp³-hybridized carbons (Fsp3) is 0.417. The van der Waals surface area contributed by atoms with Crippen LogP contribution < -0.4 is 19.6 Å². The molecule has 0 fully saturated rings. The number of aliphatic hydroxyl groups excluding tert-OH is 1. The van der Waals surface area contributed by atoms with Crippen molar-refractivity contribution in [2.24, 2.45) is 0 Å². The van der Waals surface area contributed by atoms with Crippen molar-refractivity contribution in [3.05, 3.63) is 45.3 Å². The largest absolute Gasteiger partial charge is 0.507 e. The Kier molecular flexibility index (Phi) is 6.15. The molecule has 1 aromatic carbocycles. The number of hydrogen-bond acceptors (Lipinski definition) is 7. The number of methoxy groups -OCH3 is 3. The Morgan fingerprint density at radius 1 is 0.935 bits per heavy atom. The fourth-order valence-corrected chi connectivity index (χ4v) is 4.29. The molecular formula is C24H28O7. The minimum Gasteiger partial charge on any atom is -0.507 e. The maximum absolute atomic E-state index is 13.3. The van der Waals surface area contributed by atoms with Crippen molar-refractivity contribution in [1.82, 2.24) is 0 Å². The van der Waals surface area contributed by atoms with Gasteiger partial charge in [-0.3, -0.25) is 9.59 Å². The third-order valence-electron chi connectivity index (χ3n) is 6.12. The second-order valence-electron chi connectivity index (χ2n) is 7.39. The summed E-state index contributed by atoms with van der Waals surface area (Å²) in [5, 5.41) is 10.7. The van der Waals surface area contributed by atoms with E-state index in [1.165, 1.54) is 27.4 Å². The quantitative estimate of drug-likeness (QED) is 0.686. The molecule has 1 aromatic heterocycles. The first-order valence-corrected chi connectivity index (χ1v) is 10.3. The summed E-state index contributed by atoms with van der Waals surface area (Å²) in [5.74, 6) is 1.18. The molecule has 7 heteroatoms. The Bertz CT molecular complexity index is 1080. The van der Waals surface area contributed by atoms with Gasteiger partial charge in [-0.25, -0.2) is 0 Å². The van der Waals surface area contributed by atoms with Crippen molar-refractivity contribution in [2.45, 2.75) is 45.4 Å². The van der Waals surface area contributed by atoms with E-state index in [2.05, 4.69) is 0 Å². The minimum atomic E-state index is -1.01. The Morgan fingerprint density at radius 3 is 1.97 bits per heavy atom. The Hall–Kier alpha value is -3.22. The highest BCUT2D eigenvalue weighted by molar-refractivity contribution is 6.10. The predicted molar refractivity (Wildman–Crippen MR) is 117 cm³/mol. The number of Topliss-reactive ketones (excluding diaryl/α,β-unsaturated/α-hetero) is 1. The van der Waals surface area contributed by atoms with E-state index in [1.54, 1.807) is 19.1 Å². The minimum absolute atomic E-state index is 0.0661. The van der Waals surface area contributed by atoms with Gasteiger partial charge in [-0.15, -0.1) is 0 Å². The van der Waals surface area contributed by atoms with Gasteiger partial charge in [0.15, 0.2) is 22.7 Å². The van der Waals surface area contributed by atoms with Crippen LogP contribution in [0.1, 0.15) is 51.4 Å². The van der Waals surface area contributed by atoms with E-state index in [9.17, 15) is 14.7 Å². The second-order valence-corrected chi connectivity index (χ2v) is 7.39. The Balaban J connectivity index is 2.36. The van der Waals surface area contributed by atoms with Crippen molar-refractivity contribution in [3.63, 3.8) is 0 Å². The van der Waals surface area contributed by atoms with Crippen LogP contribution in [0.2, 0.25) is 0 Å². The molecule has 2 aromatic rings. The molecule has 7 nitrogen and oxygen atoms in total. The number of ether oxygens (including phenoxy) is 3. The Labute approximate surface area is 181 Å². The number of ketones is 1. The van der Waals surface area contributed by atoms with Gasteiger partial charge >= 0.3 is 0 Å². The van der Waals surface area contributed by atoms with Crippen molar-refractivity contribution in [3.8, 4) is 28.6 Å². The number of allylic oxidation sites excluding steroid dienone is 1. The molecule has 0 atom stereocenters. The molecule has 31 heavy (non-hydrogen) atoms. The summed E-state index contributed by atoms with van der Waals surface area (Å²) in [6, 6.07) is 4.65. The van der Waals surface area contributed by atoms with E-state index in [1.807, 2.05) is 13.8 Å². The number of benzene rings is 1. The first-order valence-electron chi connectivity index (χ1n) is 10.3. The maximum atomic E-state index is 13.3. The first kappa shape index (κ1) is 22.5. The molecule has 0 amide bonds. The van der Waals surface area contributed by atoms with Gasteiger partial charge < -0.3 is 23.7 Å². The van der Waals surface area contributed by atoms with Crippen LogP contribution in [0.25, 0.3) is 17.1 Å². The molecule has 1 aliphatic carbocycles. The van der Waals surface area contributed by atoms with Crippen LogP contribution in [0.3, 0.4) is 0 Å². The third kappa shape index (κ3) is 3.28. The predicted octanol–water partition coefficient (Wildman–Crippen LogP) is 4.65. The number of rotatable bonds is 7. The first-order chi connectivity index (χ1) is 14.8. The van der Waals surface area contributed by atoms with Gasteiger partial charge in [0.25, 0.3) is 0 Å². The SMILES string of the molecule is CCC1=C(O)c2c(oc(-c3cc(OC)c(OC)c(OC)c3)cc2=O)C(CC)(CC)C1=O. The highest BCUT2D eigenvalue weighted by Crippen LogP contribution is 2.46. The van der Waals surface area contributed by atoms with Gasteiger partial charge in [-0.1, -0.05) is 20.8 Å². The van der Waals surface area contributed by atoms with Crippen LogP contribution in [-0.4, -0.2) is 32.2 Å². The molecule has 3 rings (SSSR count). The summed E-state index contributed by atoms with van der Waals surface area (Å²) in [5.41, 5.74) is -0.566. The zero-order valence-electron chi connectivity index (χ0n) is 18.8. The molecule has 0 saturated carbocycles. The average molecular weight is 428 g/mol. The maximum Gasteiger partial charge on any atom is 0.203 e. The molecule has 0 radical (unpaired) electrons. The summed E-state index contributed by atoms with van der Waals surface area (Å²) < 4.78 is 22.4. The summed E-state index contributed by atoms with van der Waals surface area (Å²) >= 11 is 0. The lowest BCUT2D eigenvalue weighted by molar-refractivity contribution is -0.122. The molecular weight excluding hydrogens is 400 g/mol. The number of hydrogen-bond donors (Lipinski definition) is 1. The smallest absolute Gasteiger partial charge is 0.203 e. The van der Waals surface area contributed by atoms with E-state index in [4.69, 9.17) is 18.6 Å². The standard InChI is InChI=1S/C24H28O7/c1-7-14-20(26)19-15(25)12-16(31-23(19)24(8-2,9-3)22(14)27)13-10-17(28-4)21(30-6)18(11-13)29-5/h10-12,26H,7-9H2,1-6H3. The van der Waals surface area contributed by atoms with Crippen molar-refractivity contribution in [2.75, 3.05) is 21.3 Å². The van der Waals surface area contributed by atoms with E-state index >= 15 is 0 Å². The summed E-state index contributed by atoms with van der Waals surface area (Å²) in [6.07, 6.45) is 1.21. The second kappa shape index (κ2) is 8.49. The Morgan fingerprint density at radius 2 is 1.52 bits per heavy atom. The van der Waals surface area contributed by atoms with Crippen molar-refractivity contribution >= 4 is 11.5 Å². The third-order valence-corrected chi connectivity index (χ3v) is 6.12. The van der Waals surface area contributed by atoms with Crippen molar-refractivity contribution in [1.29, 1.82) is 0 Å². The molecule has 1 heterocycles. The van der Waals surface area contributed by atoms with Gasteiger partial charge in [-0.05, 0) is 31.4 Å². The highest BCUT2D eigenvalue weighted by atomic mass is 16.5. The summed E-state index contributed by atoms with van der Waals surface area (Å²) in [4.78, 5) is 26.5. The van der Waals surface area contributed by atoms with E-state index in [-0.39, 0.29) is 34.2 Å². The van der Waals surface area contributed by atoms with Gasteiger partial charge in [0, 0.05) is 17.2 Å². The number of carbonyl (C=O) groups excluding carboxylic acids is 1. The molecule has 166 valence electrons. The van der Waals surface area contributed by atoms with Crippen LogP contribution in [0.15, 0.2) is 33.0 Å². The lowest BCUT2D eigenvalue weighted by Gasteiger charge is -2.35. The molecule has 0 saturated heterocycles. The fourth-order valence-electron chi connectivity index (χ4n) is 4.29. The van der Waals surface area contributed by atoms with Crippen LogP contribution >= 0.6 is 0 Å². The van der Waals surface area contributed by atoms with Crippen LogP contribution in [0, 0.1) is 0 Å². The molecule has 1 N–H and O–H groups in total. The van der Waals surface area contributed by atoms with Gasteiger partial charge in [-0.2, -0.15) is 0 Å². The van der Waals surface area contributed by atoms with Crippen LogP contribution in [0.5, 0.6) is 17.2 Å². The number of aliphatic hydroxyl groups is 1. The zero-order chi connectivity index (χ0) is 22.9. The average Bonchev–Trinajstić information content (AvgIpc) is 2.78. The summed E-state index contributed by atoms with van der Waals surface area (Å²) in [7, 11) is 4.50.